The largest absolute Gasteiger partial charge is 0.507 e. The molecule has 1 amide bonds. The first-order valence-electron chi connectivity index (χ1n) is 13.1. The summed E-state index contributed by atoms with van der Waals surface area (Å²) in [5.74, 6) is -1.05. The van der Waals surface area contributed by atoms with Gasteiger partial charge in [0.1, 0.15) is 11.8 Å². The molecular formula is C30H30ClF3N4O2. The minimum Gasteiger partial charge on any atom is -0.507 e. The second-order valence-electron chi connectivity index (χ2n) is 10.5. The molecule has 0 aliphatic carbocycles. The van der Waals surface area contributed by atoms with Crippen molar-refractivity contribution in [3.05, 3.63) is 75.8 Å². The van der Waals surface area contributed by atoms with E-state index in [0.717, 1.165) is 31.0 Å². The lowest BCUT2D eigenvalue weighted by Crippen LogP contribution is -2.46. The fourth-order valence-electron chi connectivity index (χ4n) is 5.54. The lowest BCUT2D eigenvalue weighted by atomic mass is 9.90. The van der Waals surface area contributed by atoms with Gasteiger partial charge in [-0.3, -0.25) is 4.79 Å². The predicted octanol–water partition coefficient (Wildman–Crippen LogP) is 6.78. The van der Waals surface area contributed by atoms with Crippen molar-refractivity contribution in [2.75, 3.05) is 25.0 Å². The Kier molecular flexibility index (Phi) is 7.54. The van der Waals surface area contributed by atoms with E-state index >= 15 is 0 Å². The van der Waals surface area contributed by atoms with Gasteiger partial charge in [-0.15, -0.1) is 0 Å². The van der Waals surface area contributed by atoms with E-state index in [9.17, 15) is 23.1 Å². The molecule has 40 heavy (non-hydrogen) atoms. The second kappa shape index (κ2) is 10.8. The van der Waals surface area contributed by atoms with Gasteiger partial charge in [0.05, 0.1) is 17.6 Å². The number of carbonyl (C=O) groups excluding carboxylic acids is 1. The number of hydrogen-bond donors (Lipinski definition) is 2. The summed E-state index contributed by atoms with van der Waals surface area (Å²) >= 11 is 6.37. The Labute approximate surface area is 236 Å². The van der Waals surface area contributed by atoms with Crippen molar-refractivity contribution in [2.45, 2.75) is 44.9 Å². The van der Waals surface area contributed by atoms with Crippen LogP contribution < -0.4 is 10.2 Å². The molecule has 2 heterocycles. The van der Waals surface area contributed by atoms with Crippen molar-refractivity contribution in [2.24, 2.45) is 4.99 Å². The maximum atomic E-state index is 14.2. The molecule has 6 nitrogen and oxygen atoms in total. The lowest BCUT2D eigenvalue weighted by molar-refractivity contribution is -0.138. The van der Waals surface area contributed by atoms with Gasteiger partial charge in [-0.2, -0.15) is 13.2 Å². The van der Waals surface area contributed by atoms with Crippen LogP contribution in [-0.2, 0) is 11.0 Å². The molecule has 2 N–H and O–H groups in total. The number of amides is 1. The van der Waals surface area contributed by atoms with Gasteiger partial charge in [-0.25, -0.2) is 4.99 Å². The predicted molar refractivity (Wildman–Crippen MR) is 152 cm³/mol. The molecule has 0 saturated carbocycles. The molecule has 210 valence electrons. The third-order valence-electron chi connectivity index (χ3n) is 7.49. The van der Waals surface area contributed by atoms with Crippen LogP contribution in [0.5, 0.6) is 5.75 Å². The van der Waals surface area contributed by atoms with E-state index in [2.05, 4.69) is 10.3 Å². The Morgan fingerprint density at radius 1 is 1.18 bits per heavy atom. The van der Waals surface area contributed by atoms with E-state index in [0.29, 0.717) is 39.6 Å². The van der Waals surface area contributed by atoms with Crippen LogP contribution in [-0.4, -0.2) is 48.4 Å². The number of fused-ring (bicyclic) bond motifs is 1. The summed E-state index contributed by atoms with van der Waals surface area (Å²) in [4.78, 5) is 22.2. The van der Waals surface area contributed by atoms with Gasteiger partial charge < -0.3 is 20.2 Å². The molecule has 0 radical (unpaired) electrons. The van der Waals surface area contributed by atoms with Crippen LogP contribution in [0.25, 0.3) is 11.1 Å². The smallest absolute Gasteiger partial charge is 0.419 e. The Balaban J connectivity index is 1.64. The molecule has 2 aliphatic rings. The van der Waals surface area contributed by atoms with Gasteiger partial charge in [0.2, 0.25) is 5.91 Å². The van der Waals surface area contributed by atoms with Crippen LogP contribution in [0.2, 0.25) is 5.02 Å². The highest BCUT2D eigenvalue weighted by molar-refractivity contribution is 6.31. The Bertz CT molecular complexity index is 1460. The third-order valence-corrected chi connectivity index (χ3v) is 7.71. The number of carbonyl (C=O) groups is 1. The van der Waals surface area contributed by atoms with Crippen molar-refractivity contribution in [3.63, 3.8) is 0 Å². The molecule has 10 heteroatoms. The standard InChI is InChI=1S/C30H30ClF3N4O2/c1-17-10-19(31)13-21(11-17)38-16-36-26-12-18(2)23(22-7-4-8-25(28(22)39)30(32,33)34)14-24(26)27(38)29(40)37(3)15-20-6-5-9-35-20/h4,7-8,10-14,16,20,27,35,39H,5-6,9,15H2,1-3H3/t20-,27?/m0/s1. The summed E-state index contributed by atoms with van der Waals surface area (Å²) in [5, 5.41) is 14.6. The molecule has 2 aliphatic heterocycles. The number of likely N-dealkylation sites (N-methyl/N-ethyl adjacent to an activating group) is 1. The minimum absolute atomic E-state index is 0.0320. The monoisotopic (exact) mass is 570 g/mol. The van der Waals surface area contributed by atoms with E-state index in [1.165, 1.54) is 12.1 Å². The summed E-state index contributed by atoms with van der Waals surface area (Å²) in [7, 11) is 1.75. The summed E-state index contributed by atoms with van der Waals surface area (Å²) in [6.45, 7) is 5.06. The quantitative estimate of drug-likeness (QED) is 0.355. The van der Waals surface area contributed by atoms with Crippen LogP contribution in [0.15, 0.2) is 53.5 Å². The van der Waals surface area contributed by atoms with Gasteiger partial charge in [0.15, 0.2) is 0 Å². The van der Waals surface area contributed by atoms with E-state index in [1.807, 2.05) is 19.1 Å². The molecular weight excluding hydrogens is 541 g/mol. The van der Waals surface area contributed by atoms with E-state index in [4.69, 9.17) is 11.6 Å². The number of alkyl halides is 3. The first-order chi connectivity index (χ1) is 18.9. The number of aromatic hydroxyl groups is 1. The zero-order valence-electron chi connectivity index (χ0n) is 22.4. The van der Waals surface area contributed by atoms with Crippen molar-refractivity contribution in [3.8, 4) is 16.9 Å². The van der Waals surface area contributed by atoms with Gasteiger partial charge in [0.25, 0.3) is 0 Å². The first kappa shape index (κ1) is 28.0. The number of aliphatic imine (C=N–C) groups is 1. The molecule has 2 atom stereocenters. The molecule has 1 saturated heterocycles. The normalized spacial score (nSPS) is 18.6. The highest BCUT2D eigenvalue weighted by Gasteiger charge is 2.37. The number of nitrogens with one attached hydrogen (secondary N) is 1. The number of benzene rings is 3. The number of aryl methyl sites for hydroxylation is 2. The first-order valence-corrected chi connectivity index (χ1v) is 13.4. The molecule has 0 bridgehead atoms. The summed E-state index contributed by atoms with van der Waals surface area (Å²) in [6, 6.07) is 11.7. The van der Waals surface area contributed by atoms with E-state index < -0.39 is 23.5 Å². The minimum atomic E-state index is -4.72. The Hall–Kier alpha value is -3.56. The second-order valence-corrected chi connectivity index (χ2v) is 10.9. The summed E-state index contributed by atoms with van der Waals surface area (Å²) in [5.41, 5.74) is 2.54. The van der Waals surface area contributed by atoms with Gasteiger partial charge >= 0.3 is 6.18 Å². The number of phenolic OH excluding ortho intramolecular Hbond substituents is 1. The van der Waals surface area contributed by atoms with Crippen molar-refractivity contribution < 1.29 is 23.1 Å². The highest BCUT2D eigenvalue weighted by Crippen LogP contribution is 2.45. The van der Waals surface area contributed by atoms with Crippen LogP contribution in [0.4, 0.5) is 24.5 Å². The van der Waals surface area contributed by atoms with E-state index in [1.54, 1.807) is 48.3 Å². The Morgan fingerprint density at radius 2 is 1.95 bits per heavy atom. The molecule has 3 aromatic carbocycles. The molecule has 0 spiro atoms. The van der Waals surface area contributed by atoms with Crippen molar-refractivity contribution in [1.82, 2.24) is 10.2 Å². The fourth-order valence-corrected chi connectivity index (χ4v) is 5.82. The highest BCUT2D eigenvalue weighted by atomic mass is 35.5. The lowest BCUT2D eigenvalue weighted by Gasteiger charge is -2.36. The summed E-state index contributed by atoms with van der Waals surface area (Å²) < 4.78 is 40.8. The van der Waals surface area contributed by atoms with Crippen LogP contribution in [0.1, 0.15) is 41.1 Å². The SMILES string of the molecule is Cc1cc(Cl)cc(N2C=Nc3cc(C)c(-c4cccc(C(F)(F)F)c4O)cc3C2C(=O)N(C)C[C@@H]2CCCN2)c1. The third kappa shape index (κ3) is 5.40. The number of rotatable bonds is 5. The number of hydrogen-bond acceptors (Lipinski definition) is 5. The number of anilines is 1. The number of para-hydroxylation sites is 1. The average molecular weight is 571 g/mol. The number of halogens is 4. The number of nitrogens with zero attached hydrogens (tertiary/aromatic N) is 3. The van der Waals surface area contributed by atoms with Crippen molar-refractivity contribution in [1.29, 1.82) is 0 Å². The molecule has 1 fully saturated rings. The topological polar surface area (TPSA) is 68.2 Å². The number of phenols is 1. The van der Waals surface area contributed by atoms with E-state index in [-0.39, 0.29) is 17.5 Å². The molecule has 3 aromatic rings. The zero-order valence-corrected chi connectivity index (χ0v) is 23.1. The van der Waals surface area contributed by atoms with Crippen LogP contribution in [0, 0.1) is 13.8 Å². The maximum Gasteiger partial charge on any atom is 0.419 e. The van der Waals surface area contributed by atoms with Crippen LogP contribution >= 0.6 is 11.6 Å². The average Bonchev–Trinajstić information content (AvgIpc) is 3.39. The van der Waals surface area contributed by atoms with Gasteiger partial charge in [0, 0.05) is 41.5 Å². The van der Waals surface area contributed by atoms with Gasteiger partial charge in [-0.05, 0) is 86.3 Å². The zero-order chi connectivity index (χ0) is 28.8. The van der Waals surface area contributed by atoms with Crippen LogP contribution in [0.3, 0.4) is 0 Å². The van der Waals surface area contributed by atoms with Gasteiger partial charge in [-0.1, -0.05) is 23.7 Å². The van der Waals surface area contributed by atoms with Crippen molar-refractivity contribution >= 4 is 35.2 Å². The maximum absolute atomic E-state index is 14.2. The fraction of sp³-hybridized carbons (Fsp3) is 0.333. The molecule has 5 rings (SSSR count). The Morgan fingerprint density at radius 3 is 2.62 bits per heavy atom. The summed E-state index contributed by atoms with van der Waals surface area (Å²) in [6.07, 6.45) is -1.11. The molecule has 1 unspecified atom stereocenters. The molecule has 0 aromatic heterocycles.